The van der Waals surface area contributed by atoms with Crippen molar-refractivity contribution >= 4 is 10.9 Å². The van der Waals surface area contributed by atoms with Crippen LogP contribution >= 0.6 is 0 Å². The van der Waals surface area contributed by atoms with E-state index in [9.17, 15) is 0 Å². The highest BCUT2D eigenvalue weighted by atomic mass is 15.0. The number of pyridine rings is 1. The second-order valence-electron chi connectivity index (χ2n) is 5.35. The fourth-order valence-electron chi connectivity index (χ4n) is 2.70. The lowest BCUT2D eigenvalue weighted by Gasteiger charge is -2.11. The normalized spacial score (nSPS) is 11.0. The van der Waals surface area contributed by atoms with Crippen molar-refractivity contribution in [2.45, 2.75) is 20.8 Å². The van der Waals surface area contributed by atoms with Crippen LogP contribution in [0.5, 0.6) is 0 Å². The largest absolute Gasteiger partial charge is 0.287 e. The van der Waals surface area contributed by atoms with Crippen LogP contribution in [0.15, 0.2) is 36.9 Å². The molecule has 0 fully saturated rings. The number of aryl methyl sites for hydroxylation is 3. The highest BCUT2D eigenvalue weighted by molar-refractivity contribution is 5.90. The van der Waals surface area contributed by atoms with Gasteiger partial charge < -0.3 is 0 Å². The van der Waals surface area contributed by atoms with Crippen LogP contribution in [-0.4, -0.2) is 9.97 Å². The Morgan fingerprint density at radius 1 is 1.10 bits per heavy atom. The van der Waals surface area contributed by atoms with E-state index in [1.165, 1.54) is 27.9 Å². The summed E-state index contributed by atoms with van der Waals surface area (Å²) in [5, 5.41) is 1.09. The summed E-state index contributed by atoms with van der Waals surface area (Å²) in [7, 11) is 2.03. The smallest absolute Gasteiger partial charge is 0.264 e. The predicted octanol–water partition coefficient (Wildman–Crippen LogP) is 3.05. The van der Waals surface area contributed by atoms with Gasteiger partial charge in [0.05, 0.1) is 12.4 Å². The topological polar surface area (TPSA) is 29.7 Å². The van der Waals surface area contributed by atoms with Crippen LogP contribution in [-0.2, 0) is 7.05 Å². The molecule has 0 atom stereocenters. The van der Waals surface area contributed by atoms with Gasteiger partial charge in [-0.05, 0) is 42.9 Å². The van der Waals surface area contributed by atoms with Gasteiger partial charge >= 0.3 is 0 Å². The molecule has 3 rings (SSSR count). The van der Waals surface area contributed by atoms with Gasteiger partial charge in [0.1, 0.15) is 5.69 Å². The summed E-state index contributed by atoms with van der Waals surface area (Å²) < 4.78 is 2.07. The standard InChI is InChI=1S/C17H18N3/c1-11-7-12(2)13(3)14(8-11)17-15-9-18-6-5-16(15)19-10-20(17)4/h5-10H,1-4H3/q+1. The summed E-state index contributed by atoms with van der Waals surface area (Å²) in [6.45, 7) is 6.47. The molecule has 2 heterocycles. The highest BCUT2D eigenvalue weighted by Gasteiger charge is 2.17. The maximum absolute atomic E-state index is 4.46. The SMILES string of the molecule is Cc1cc(C)c(C)c(-c2c3cnccc3nc[n+]2C)c1. The molecule has 20 heavy (non-hydrogen) atoms. The third-order valence-corrected chi connectivity index (χ3v) is 3.84. The first-order valence-corrected chi connectivity index (χ1v) is 6.74. The van der Waals surface area contributed by atoms with E-state index in [4.69, 9.17) is 0 Å². The molecule has 0 saturated heterocycles. The number of nitrogens with zero attached hydrogens (tertiary/aromatic N) is 3. The molecule has 0 aliphatic rings. The average molecular weight is 264 g/mol. The molecule has 0 aliphatic heterocycles. The zero-order valence-corrected chi connectivity index (χ0v) is 12.3. The molecule has 2 aromatic heterocycles. The molecule has 0 aliphatic carbocycles. The summed E-state index contributed by atoms with van der Waals surface area (Å²) >= 11 is 0. The van der Waals surface area contributed by atoms with E-state index in [1.54, 1.807) is 6.20 Å². The maximum atomic E-state index is 4.46. The first-order chi connectivity index (χ1) is 9.58. The van der Waals surface area contributed by atoms with Crippen LogP contribution in [0.25, 0.3) is 22.2 Å². The Kier molecular flexibility index (Phi) is 2.97. The molecule has 0 saturated carbocycles. The van der Waals surface area contributed by atoms with Gasteiger partial charge in [-0.3, -0.25) is 4.98 Å². The van der Waals surface area contributed by atoms with E-state index in [-0.39, 0.29) is 0 Å². The Hall–Kier alpha value is -2.29. The molecule has 0 bridgehead atoms. The summed E-state index contributed by atoms with van der Waals surface area (Å²) in [4.78, 5) is 8.73. The number of hydrogen-bond acceptors (Lipinski definition) is 2. The molecular weight excluding hydrogens is 246 g/mol. The maximum Gasteiger partial charge on any atom is 0.287 e. The van der Waals surface area contributed by atoms with Gasteiger partial charge in [0.15, 0.2) is 5.52 Å². The second kappa shape index (κ2) is 4.67. The number of hydrogen-bond donors (Lipinski definition) is 0. The molecular formula is C17H18N3+. The molecule has 3 heteroatoms. The Balaban J connectivity index is 2.43. The van der Waals surface area contributed by atoms with Crippen molar-refractivity contribution in [2.75, 3.05) is 0 Å². The fourth-order valence-corrected chi connectivity index (χ4v) is 2.70. The molecule has 0 amide bonds. The van der Waals surface area contributed by atoms with Crippen molar-refractivity contribution in [3.05, 3.63) is 53.6 Å². The van der Waals surface area contributed by atoms with Crippen LogP contribution in [0.2, 0.25) is 0 Å². The van der Waals surface area contributed by atoms with Gasteiger partial charge in [-0.15, -0.1) is 0 Å². The van der Waals surface area contributed by atoms with E-state index >= 15 is 0 Å². The molecule has 0 N–H and O–H groups in total. The first kappa shape index (κ1) is 12.7. The van der Waals surface area contributed by atoms with E-state index in [0.29, 0.717) is 0 Å². The predicted molar refractivity (Wildman–Crippen MR) is 80.4 cm³/mol. The molecule has 0 radical (unpaired) electrons. The quantitative estimate of drug-likeness (QED) is 0.632. The Morgan fingerprint density at radius 2 is 1.90 bits per heavy atom. The molecule has 0 spiro atoms. The minimum atomic E-state index is 0.978. The lowest BCUT2D eigenvalue weighted by Crippen LogP contribution is -2.32. The van der Waals surface area contributed by atoms with Crippen molar-refractivity contribution in [1.29, 1.82) is 0 Å². The van der Waals surface area contributed by atoms with Crippen LogP contribution in [0.3, 0.4) is 0 Å². The highest BCUT2D eigenvalue weighted by Crippen LogP contribution is 2.28. The second-order valence-corrected chi connectivity index (χ2v) is 5.35. The lowest BCUT2D eigenvalue weighted by atomic mass is 9.96. The van der Waals surface area contributed by atoms with Gasteiger partial charge in [-0.2, -0.15) is 0 Å². The number of aromatic nitrogens is 3. The molecule has 100 valence electrons. The van der Waals surface area contributed by atoms with Crippen LogP contribution < -0.4 is 4.57 Å². The summed E-state index contributed by atoms with van der Waals surface area (Å²) in [5.74, 6) is 0. The van der Waals surface area contributed by atoms with Crippen molar-refractivity contribution in [3.63, 3.8) is 0 Å². The third kappa shape index (κ3) is 1.95. The lowest BCUT2D eigenvalue weighted by molar-refractivity contribution is -0.662. The summed E-state index contributed by atoms with van der Waals surface area (Å²) in [6, 6.07) is 6.42. The van der Waals surface area contributed by atoms with Crippen molar-refractivity contribution < 1.29 is 4.57 Å². The summed E-state index contributed by atoms with van der Waals surface area (Å²) in [6.07, 6.45) is 5.55. The Bertz CT molecular complexity index is 807. The molecule has 1 aromatic carbocycles. The van der Waals surface area contributed by atoms with Crippen molar-refractivity contribution in [3.8, 4) is 11.3 Å². The van der Waals surface area contributed by atoms with Gasteiger partial charge in [0, 0.05) is 24.0 Å². The van der Waals surface area contributed by atoms with E-state index < -0.39 is 0 Å². The van der Waals surface area contributed by atoms with Gasteiger partial charge in [-0.1, -0.05) is 11.6 Å². The number of rotatable bonds is 1. The van der Waals surface area contributed by atoms with Crippen LogP contribution in [0.1, 0.15) is 16.7 Å². The zero-order chi connectivity index (χ0) is 14.3. The zero-order valence-electron chi connectivity index (χ0n) is 12.3. The van der Waals surface area contributed by atoms with Crippen LogP contribution in [0, 0.1) is 20.8 Å². The van der Waals surface area contributed by atoms with Gasteiger partial charge in [0.2, 0.25) is 0 Å². The van der Waals surface area contributed by atoms with Crippen LogP contribution in [0.4, 0.5) is 0 Å². The van der Waals surface area contributed by atoms with E-state index in [2.05, 4.69) is 47.4 Å². The third-order valence-electron chi connectivity index (χ3n) is 3.84. The van der Waals surface area contributed by atoms with E-state index in [1.807, 2.05) is 25.6 Å². The van der Waals surface area contributed by atoms with Crippen molar-refractivity contribution in [1.82, 2.24) is 9.97 Å². The molecule has 3 nitrogen and oxygen atoms in total. The molecule has 3 aromatic rings. The minimum Gasteiger partial charge on any atom is -0.264 e. The molecule has 0 unspecified atom stereocenters. The minimum absolute atomic E-state index is 0.978. The monoisotopic (exact) mass is 264 g/mol. The van der Waals surface area contributed by atoms with Crippen molar-refractivity contribution in [2.24, 2.45) is 7.05 Å². The van der Waals surface area contributed by atoms with Gasteiger partial charge in [-0.25, -0.2) is 4.57 Å². The Morgan fingerprint density at radius 3 is 2.70 bits per heavy atom. The number of fused-ring (bicyclic) bond motifs is 1. The van der Waals surface area contributed by atoms with Gasteiger partial charge in [0.25, 0.3) is 6.33 Å². The summed E-state index contributed by atoms with van der Waals surface area (Å²) in [5.41, 5.74) is 7.30. The fraction of sp³-hybridized carbons (Fsp3) is 0.235. The number of benzene rings is 1. The van der Waals surface area contributed by atoms with E-state index in [0.717, 1.165) is 10.9 Å². The Labute approximate surface area is 118 Å². The average Bonchev–Trinajstić information content (AvgIpc) is 2.43. The first-order valence-electron chi connectivity index (χ1n) is 6.74.